The summed E-state index contributed by atoms with van der Waals surface area (Å²) < 4.78 is 32.5. The summed E-state index contributed by atoms with van der Waals surface area (Å²) in [6.07, 6.45) is -0.681. The second-order valence-electron chi connectivity index (χ2n) is 13.3. The fourth-order valence-corrected chi connectivity index (χ4v) is 5.71. The number of aliphatic carboxylic acids is 1. The molecule has 0 bridgehead atoms. The number of rotatable bonds is 22. The van der Waals surface area contributed by atoms with Gasteiger partial charge in [-0.1, -0.05) is 60.7 Å². The molecule has 1 aliphatic rings. The average Bonchev–Trinajstić information content (AvgIpc) is 3.44. The van der Waals surface area contributed by atoms with Gasteiger partial charge in [-0.2, -0.15) is 0 Å². The molecule has 0 saturated heterocycles. The second-order valence-corrected chi connectivity index (χ2v) is 13.3. The lowest BCUT2D eigenvalue weighted by Crippen LogP contribution is -2.43. The molecule has 0 radical (unpaired) electrons. The standard InChI is InChI=1S/C40H50N2O11/c1-40(2,3)53-36(43)15-17-48-19-21-50-23-24-51-22-20-49-18-16-41-37(44)29-10-8-9-28(25-29)26-35(38(45)46)42-39(47)52-27-34-32-13-6-4-11-30(32)31-12-5-7-14-33(31)34/h4-14,25,34-35H,15-24,26-27H2,1-3H3,(H,41,44)(H,42,47)(H,45,46)/t35-/m0/s1. The fourth-order valence-electron chi connectivity index (χ4n) is 5.71. The van der Waals surface area contributed by atoms with Crippen LogP contribution in [0, 0.1) is 0 Å². The van der Waals surface area contributed by atoms with Crippen LogP contribution in [0.3, 0.4) is 0 Å². The number of hydrogen-bond donors (Lipinski definition) is 3. The van der Waals surface area contributed by atoms with E-state index in [-0.39, 0.29) is 57.0 Å². The van der Waals surface area contributed by atoms with Gasteiger partial charge in [-0.25, -0.2) is 9.59 Å². The molecule has 53 heavy (non-hydrogen) atoms. The highest BCUT2D eigenvalue weighted by atomic mass is 16.6. The maximum Gasteiger partial charge on any atom is 0.407 e. The van der Waals surface area contributed by atoms with Gasteiger partial charge in [-0.15, -0.1) is 0 Å². The van der Waals surface area contributed by atoms with E-state index in [0.717, 1.165) is 22.3 Å². The number of benzene rings is 3. The predicted molar refractivity (Wildman–Crippen MR) is 196 cm³/mol. The number of alkyl carbamates (subject to hydrolysis) is 1. The quantitative estimate of drug-likeness (QED) is 0.0963. The number of esters is 1. The fraction of sp³-hybridized carbons (Fsp3) is 0.450. The maximum absolute atomic E-state index is 12.8. The van der Waals surface area contributed by atoms with Gasteiger partial charge in [0.1, 0.15) is 18.2 Å². The summed E-state index contributed by atoms with van der Waals surface area (Å²) in [5, 5.41) is 15.1. The van der Waals surface area contributed by atoms with Crippen molar-refractivity contribution in [2.45, 2.75) is 51.2 Å². The molecule has 2 amide bonds. The Labute approximate surface area is 310 Å². The van der Waals surface area contributed by atoms with Gasteiger partial charge >= 0.3 is 18.0 Å². The molecule has 13 heteroatoms. The third-order valence-corrected chi connectivity index (χ3v) is 8.08. The first-order valence-electron chi connectivity index (χ1n) is 17.8. The van der Waals surface area contributed by atoms with Crippen molar-refractivity contribution in [3.05, 3.63) is 95.1 Å². The van der Waals surface area contributed by atoms with Gasteiger partial charge in [0, 0.05) is 24.4 Å². The van der Waals surface area contributed by atoms with Crippen LogP contribution in [0.5, 0.6) is 0 Å². The average molecular weight is 735 g/mol. The number of carboxylic acid groups (broad SMARTS) is 1. The first kappa shape index (κ1) is 40.9. The minimum atomic E-state index is -1.26. The third-order valence-electron chi connectivity index (χ3n) is 8.08. The minimum Gasteiger partial charge on any atom is -0.480 e. The van der Waals surface area contributed by atoms with Crippen molar-refractivity contribution in [1.29, 1.82) is 0 Å². The highest BCUT2D eigenvalue weighted by Gasteiger charge is 2.30. The van der Waals surface area contributed by atoms with E-state index < -0.39 is 23.7 Å². The van der Waals surface area contributed by atoms with Crippen molar-refractivity contribution in [3.8, 4) is 11.1 Å². The summed E-state index contributed by atoms with van der Waals surface area (Å²) in [4.78, 5) is 49.2. The van der Waals surface area contributed by atoms with Crippen LogP contribution in [0.25, 0.3) is 11.1 Å². The highest BCUT2D eigenvalue weighted by Crippen LogP contribution is 2.44. The van der Waals surface area contributed by atoms with E-state index in [4.69, 9.17) is 28.4 Å². The molecule has 0 aliphatic heterocycles. The zero-order chi connectivity index (χ0) is 38.1. The zero-order valence-corrected chi connectivity index (χ0v) is 30.6. The molecule has 3 aromatic rings. The predicted octanol–water partition coefficient (Wildman–Crippen LogP) is 4.75. The van der Waals surface area contributed by atoms with Crippen LogP contribution in [0.2, 0.25) is 0 Å². The summed E-state index contributed by atoms with van der Waals surface area (Å²) in [7, 11) is 0. The van der Waals surface area contributed by atoms with Crippen molar-refractivity contribution in [3.63, 3.8) is 0 Å². The van der Waals surface area contributed by atoms with Crippen molar-refractivity contribution < 1.29 is 52.7 Å². The lowest BCUT2D eigenvalue weighted by molar-refractivity contribution is -0.156. The molecule has 286 valence electrons. The van der Waals surface area contributed by atoms with Gasteiger partial charge in [-0.3, -0.25) is 9.59 Å². The molecule has 1 atom stereocenters. The Balaban J connectivity index is 1.06. The van der Waals surface area contributed by atoms with Crippen LogP contribution >= 0.6 is 0 Å². The Hall–Kier alpha value is -4.82. The zero-order valence-electron chi connectivity index (χ0n) is 30.6. The van der Waals surface area contributed by atoms with E-state index in [1.807, 2.05) is 69.3 Å². The normalized spacial score (nSPS) is 12.7. The first-order valence-corrected chi connectivity index (χ1v) is 17.8. The van der Waals surface area contributed by atoms with Crippen molar-refractivity contribution >= 4 is 23.9 Å². The molecule has 3 N–H and O–H groups in total. The number of fused-ring (bicyclic) bond motifs is 3. The Morgan fingerprint density at radius 1 is 0.736 bits per heavy atom. The van der Waals surface area contributed by atoms with Crippen molar-refractivity contribution in [2.75, 3.05) is 66.0 Å². The summed E-state index contributed by atoms with van der Waals surface area (Å²) >= 11 is 0. The van der Waals surface area contributed by atoms with Gasteiger partial charge in [0.25, 0.3) is 5.91 Å². The van der Waals surface area contributed by atoms with Gasteiger partial charge < -0.3 is 44.2 Å². The highest BCUT2D eigenvalue weighted by molar-refractivity contribution is 5.94. The van der Waals surface area contributed by atoms with Gasteiger partial charge in [-0.05, 0) is 60.7 Å². The third kappa shape index (κ3) is 13.9. The largest absolute Gasteiger partial charge is 0.480 e. The van der Waals surface area contributed by atoms with E-state index in [2.05, 4.69) is 10.6 Å². The first-order chi connectivity index (χ1) is 25.5. The molecular formula is C40H50N2O11. The SMILES string of the molecule is CC(C)(C)OC(=O)CCOCCOCCOCCOCCNC(=O)c1cccc(C[C@H](NC(=O)OCC2c3ccccc3-c3ccccc32)C(=O)O)c1. The molecule has 0 aromatic heterocycles. The molecular weight excluding hydrogens is 684 g/mol. The lowest BCUT2D eigenvalue weighted by Gasteiger charge is -2.19. The van der Waals surface area contributed by atoms with Crippen LogP contribution in [-0.2, 0) is 44.4 Å². The number of carboxylic acids is 1. The van der Waals surface area contributed by atoms with E-state index in [1.54, 1.807) is 24.3 Å². The lowest BCUT2D eigenvalue weighted by atomic mass is 9.98. The van der Waals surface area contributed by atoms with Gasteiger partial charge in [0.2, 0.25) is 0 Å². The molecule has 1 aliphatic carbocycles. The summed E-state index contributed by atoms with van der Waals surface area (Å²) in [6.45, 7) is 8.56. The maximum atomic E-state index is 12.8. The summed E-state index contributed by atoms with van der Waals surface area (Å²) in [5.74, 6) is -2.01. The van der Waals surface area contributed by atoms with Gasteiger partial charge in [0.15, 0.2) is 0 Å². The van der Waals surface area contributed by atoms with Crippen molar-refractivity contribution in [1.82, 2.24) is 10.6 Å². The monoisotopic (exact) mass is 734 g/mol. The van der Waals surface area contributed by atoms with Gasteiger partial charge in [0.05, 0.1) is 59.3 Å². The second kappa shape index (κ2) is 21.0. The molecule has 0 spiro atoms. The number of nitrogens with one attached hydrogen (secondary N) is 2. The van der Waals surface area contributed by atoms with Crippen LogP contribution in [0.1, 0.15) is 60.2 Å². The Morgan fingerprint density at radius 3 is 1.89 bits per heavy atom. The molecule has 3 aromatic carbocycles. The number of carbonyl (C=O) groups is 4. The number of ether oxygens (including phenoxy) is 6. The Morgan fingerprint density at radius 2 is 1.30 bits per heavy atom. The van der Waals surface area contributed by atoms with Crippen LogP contribution in [-0.4, -0.2) is 107 Å². The molecule has 0 heterocycles. The molecule has 0 saturated carbocycles. The molecule has 0 unspecified atom stereocenters. The van der Waals surface area contributed by atoms with Crippen LogP contribution in [0.4, 0.5) is 4.79 Å². The van der Waals surface area contributed by atoms with Crippen LogP contribution < -0.4 is 10.6 Å². The summed E-state index contributed by atoms with van der Waals surface area (Å²) in [5.41, 5.74) is 4.70. The topological polar surface area (TPSA) is 168 Å². The smallest absolute Gasteiger partial charge is 0.407 e. The minimum absolute atomic E-state index is 0.0432. The van der Waals surface area contributed by atoms with E-state index in [9.17, 15) is 24.3 Å². The number of hydrogen-bond acceptors (Lipinski definition) is 10. The molecule has 13 nitrogen and oxygen atoms in total. The molecule has 4 rings (SSSR count). The molecule has 0 fully saturated rings. The van der Waals surface area contributed by atoms with E-state index >= 15 is 0 Å². The Bertz CT molecular complexity index is 1610. The van der Waals surface area contributed by atoms with E-state index in [0.29, 0.717) is 50.8 Å². The summed E-state index contributed by atoms with van der Waals surface area (Å²) in [6, 6.07) is 21.2. The Kier molecular flexibility index (Phi) is 16.2. The number of amides is 2. The van der Waals surface area contributed by atoms with Crippen LogP contribution in [0.15, 0.2) is 72.8 Å². The van der Waals surface area contributed by atoms with E-state index in [1.165, 1.54) is 0 Å². The number of carbonyl (C=O) groups excluding carboxylic acids is 3. The van der Waals surface area contributed by atoms with Crippen molar-refractivity contribution in [2.24, 2.45) is 0 Å².